The van der Waals surface area contributed by atoms with Crippen molar-refractivity contribution in [2.24, 2.45) is 0 Å². The summed E-state index contributed by atoms with van der Waals surface area (Å²) in [6, 6.07) is 10.5. The number of sulfonamides is 1. The lowest BCUT2D eigenvalue weighted by Crippen LogP contribution is -2.40. The molecule has 27 heavy (non-hydrogen) atoms. The zero-order valence-corrected chi connectivity index (χ0v) is 16.2. The van der Waals surface area contributed by atoms with Gasteiger partial charge in [-0.2, -0.15) is 0 Å². The van der Waals surface area contributed by atoms with E-state index in [1.54, 1.807) is 29.2 Å². The molecule has 1 amide bonds. The summed E-state index contributed by atoms with van der Waals surface area (Å²) in [7, 11) is -2.45. The zero-order chi connectivity index (χ0) is 19.4. The van der Waals surface area contributed by atoms with E-state index >= 15 is 0 Å². The molecular weight excluding hydrogens is 392 g/mol. The number of morpholine rings is 1. The molecule has 1 fully saturated rings. The quantitative estimate of drug-likeness (QED) is 0.819. The van der Waals surface area contributed by atoms with Crippen LogP contribution in [-0.2, 0) is 14.8 Å². The van der Waals surface area contributed by atoms with Gasteiger partial charge in [-0.05, 0) is 42.5 Å². The van der Waals surface area contributed by atoms with E-state index in [-0.39, 0.29) is 16.4 Å². The molecular formula is C18H19ClN2O5S. The second kappa shape index (κ2) is 8.16. The van der Waals surface area contributed by atoms with Gasteiger partial charge in [0.05, 0.1) is 30.8 Å². The van der Waals surface area contributed by atoms with Crippen molar-refractivity contribution in [3.8, 4) is 5.75 Å². The number of halogens is 1. The van der Waals surface area contributed by atoms with Crippen molar-refractivity contribution >= 4 is 33.2 Å². The Balaban J connectivity index is 1.91. The molecule has 2 aromatic carbocycles. The summed E-state index contributed by atoms with van der Waals surface area (Å²) in [5.74, 6) is 0.0237. The fourth-order valence-corrected chi connectivity index (χ4v) is 3.90. The lowest BCUT2D eigenvalue weighted by Gasteiger charge is -2.27. The lowest BCUT2D eigenvalue weighted by molar-refractivity contribution is 0.0300. The summed E-state index contributed by atoms with van der Waals surface area (Å²) in [5, 5.41) is 0.501. The third kappa shape index (κ3) is 4.52. The summed E-state index contributed by atoms with van der Waals surface area (Å²) < 4.78 is 38.4. The van der Waals surface area contributed by atoms with E-state index < -0.39 is 10.0 Å². The van der Waals surface area contributed by atoms with Crippen LogP contribution in [0, 0.1) is 0 Å². The number of carbonyl (C=O) groups is 1. The fraction of sp³-hybridized carbons (Fsp3) is 0.278. The summed E-state index contributed by atoms with van der Waals surface area (Å²) in [4.78, 5) is 14.4. The number of methoxy groups -OCH3 is 1. The van der Waals surface area contributed by atoms with Crippen LogP contribution in [0.15, 0.2) is 47.4 Å². The van der Waals surface area contributed by atoms with Gasteiger partial charge in [0.1, 0.15) is 5.75 Å². The molecule has 0 atom stereocenters. The van der Waals surface area contributed by atoms with Crippen LogP contribution in [0.1, 0.15) is 10.4 Å². The van der Waals surface area contributed by atoms with Crippen LogP contribution in [0.25, 0.3) is 0 Å². The average Bonchev–Trinajstić information content (AvgIpc) is 2.69. The summed E-state index contributed by atoms with van der Waals surface area (Å²) >= 11 is 5.82. The molecule has 0 saturated carbocycles. The maximum Gasteiger partial charge on any atom is 0.261 e. The van der Waals surface area contributed by atoms with Crippen molar-refractivity contribution < 1.29 is 22.7 Å². The number of hydrogen-bond donors (Lipinski definition) is 1. The van der Waals surface area contributed by atoms with Gasteiger partial charge in [0.15, 0.2) is 0 Å². The largest absolute Gasteiger partial charge is 0.496 e. The predicted molar refractivity (Wildman–Crippen MR) is 102 cm³/mol. The van der Waals surface area contributed by atoms with E-state index in [2.05, 4.69) is 4.72 Å². The second-order valence-electron chi connectivity index (χ2n) is 5.88. The first-order chi connectivity index (χ1) is 12.9. The minimum atomic E-state index is -3.88. The number of anilines is 1. The van der Waals surface area contributed by atoms with Crippen LogP contribution < -0.4 is 9.46 Å². The minimum Gasteiger partial charge on any atom is -0.496 e. The van der Waals surface area contributed by atoms with Crippen molar-refractivity contribution in [2.45, 2.75) is 4.90 Å². The van der Waals surface area contributed by atoms with Crippen LogP contribution in [0.3, 0.4) is 0 Å². The number of nitrogens with zero attached hydrogens (tertiary/aromatic N) is 1. The molecule has 0 aliphatic carbocycles. The number of carbonyl (C=O) groups excluding carboxylic acids is 1. The maximum absolute atomic E-state index is 12.8. The number of nitrogens with one attached hydrogen (secondary N) is 1. The number of ether oxygens (including phenoxy) is 2. The van der Waals surface area contributed by atoms with Crippen LogP contribution in [-0.4, -0.2) is 52.6 Å². The molecule has 144 valence electrons. The molecule has 1 heterocycles. The highest BCUT2D eigenvalue weighted by molar-refractivity contribution is 7.92. The number of benzene rings is 2. The van der Waals surface area contributed by atoms with Gasteiger partial charge in [-0.1, -0.05) is 11.6 Å². The Bertz CT molecular complexity index is 925. The third-order valence-electron chi connectivity index (χ3n) is 4.11. The highest BCUT2D eigenvalue weighted by Crippen LogP contribution is 2.26. The molecule has 0 unspecified atom stereocenters. The smallest absolute Gasteiger partial charge is 0.261 e. The van der Waals surface area contributed by atoms with Crippen LogP contribution in [0.5, 0.6) is 5.75 Å². The zero-order valence-electron chi connectivity index (χ0n) is 14.6. The number of rotatable bonds is 5. The number of hydrogen-bond acceptors (Lipinski definition) is 5. The second-order valence-corrected chi connectivity index (χ2v) is 8.00. The molecule has 1 N–H and O–H groups in total. The van der Waals surface area contributed by atoms with E-state index in [1.165, 1.54) is 25.3 Å². The molecule has 2 aromatic rings. The highest BCUT2D eigenvalue weighted by atomic mass is 35.5. The summed E-state index contributed by atoms with van der Waals surface area (Å²) in [6.45, 7) is 1.79. The SMILES string of the molecule is COc1ccc(S(=O)(=O)Nc2ccc(Cl)cc2)cc1C(=O)N1CCOCC1. The Morgan fingerprint density at radius 3 is 2.44 bits per heavy atom. The third-order valence-corrected chi connectivity index (χ3v) is 5.74. The standard InChI is InChI=1S/C18H19ClN2O5S/c1-25-17-7-6-15(12-16(17)18(22)21-8-10-26-11-9-21)27(23,24)20-14-4-2-13(19)3-5-14/h2-7,12,20H,8-11H2,1H3. The van der Waals surface area contributed by atoms with Crippen molar-refractivity contribution in [1.29, 1.82) is 0 Å². The van der Waals surface area contributed by atoms with Crippen molar-refractivity contribution in [3.05, 3.63) is 53.1 Å². The summed E-state index contributed by atoms with van der Waals surface area (Å²) in [5.41, 5.74) is 0.564. The van der Waals surface area contributed by atoms with Gasteiger partial charge in [0.2, 0.25) is 0 Å². The Kier molecular flexibility index (Phi) is 5.88. The summed E-state index contributed by atoms with van der Waals surface area (Å²) in [6.07, 6.45) is 0. The molecule has 7 nitrogen and oxygen atoms in total. The molecule has 1 saturated heterocycles. The molecule has 0 bridgehead atoms. The molecule has 3 rings (SSSR count). The van der Waals surface area contributed by atoms with Crippen molar-refractivity contribution in [2.75, 3.05) is 38.1 Å². The molecule has 0 radical (unpaired) electrons. The van der Waals surface area contributed by atoms with Gasteiger partial charge in [0.25, 0.3) is 15.9 Å². The highest BCUT2D eigenvalue weighted by Gasteiger charge is 2.24. The van der Waals surface area contributed by atoms with Gasteiger partial charge < -0.3 is 14.4 Å². The monoisotopic (exact) mass is 410 g/mol. The molecule has 0 aromatic heterocycles. The van der Waals surface area contributed by atoms with Crippen molar-refractivity contribution in [1.82, 2.24) is 4.90 Å². The Hall–Kier alpha value is -2.29. The first-order valence-corrected chi connectivity index (χ1v) is 10.1. The normalized spacial score (nSPS) is 14.7. The van der Waals surface area contributed by atoms with E-state index in [4.69, 9.17) is 21.1 Å². The average molecular weight is 411 g/mol. The number of amides is 1. The molecule has 0 spiro atoms. The van der Waals surface area contributed by atoms with Gasteiger partial charge in [-0.3, -0.25) is 9.52 Å². The molecule has 9 heteroatoms. The maximum atomic E-state index is 12.8. The first-order valence-electron chi connectivity index (χ1n) is 8.24. The minimum absolute atomic E-state index is 0.0325. The Morgan fingerprint density at radius 1 is 1.15 bits per heavy atom. The lowest BCUT2D eigenvalue weighted by atomic mass is 10.1. The van der Waals surface area contributed by atoms with Crippen LogP contribution >= 0.6 is 11.6 Å². The van der Waals surface area contributed by atoms with Crippen LogP contribution in [0.2, 0.25) is 5.02 Å². The van der Waals surface area contributed by atoms with Gasteiger partial charge >= 0.3 is 0 Å². The first kappa shape index (κ1) is 19.5. The molecule has 1 aliphatic heterocycles. The van der Waals surface area contributed by atoms with E-state index in [9.17, 15) is 13.2 Å². The van der Waals surface area contributed by atoms with E-state index in [1.807, 2.05) is 0 Å². The topological polar surface area (TPSA) is 84.9 Å². The van der Waals surface area contributed by atoms with Gasteiger partial charge in [-0.15, -0.1) is 0 Å². The predicted octanol–water partition coefficient (Wildman–Crippen LogP) is 2.62. The Labute approximate surface area is 162 Å². The fourth-order valence-electron chi connectivity index (χ4n) is 2.69. The van der Waals surface area contributed by atoms with Gasteiger partial charge in [0, 0.05) is 23.8 Å². The van der Waals surface area contributed by atoms with E-state index in [0.29, 0.717) is 42.8 Å². The Morgan fingerprint density at radius 2 is 1.81 bits per heavy atom. The van der Waals surface area contributed by atoms with E-state index in [0.717, 1.165) is 0 Å². The van der Waals surface area contributed by atoms with Crippen LogP contribution in [0.4, 0.5) is 5.69 Å². The van der Waals surface area contributed by atoms with Gasteiger partial charge in [-0.25, -0.2) is 8.42 Å². The van der Waals surface area contributed by atoms with Crippen molar-refractivity contribution in [3.63, 3.8) is 0 Å². The molecule has 1 aliphatic rings.